The normalized spacial score (nSPS) is 12.2. The third kappa shape index (κ3) is 1.29. The highest BCUT2D eigenvalue weighted by Crippen LogP contribution is 2.28. The molecule has 4 rings (SSSR count). The summed E-state index contributed by atoms with van der Waals surface area (Å²) in [4.78, 5) is 12.3. The van der Waals surface area contributed by atoms with Gasteiger partial charge in [0.05, 0.1) is 5.52 Å². The lowest BCUT2D eigenvalue weighted by Gasteiger charge is -2.04. The van der Waals surface area contributed by atoms with Crippen molar-refractivity contribution in [3.63, 3.8) is 0 Å². The van der Waals surface area contributed by atoms with Gasteiger partial charge in [0.25, 0.3) is 5.56 Å². The van der Waals surface area contributed by atoms with Crippen LogP contribution in [0.25, 0.3) is 27.3 Å². The highest BCUT2D eigenvalue weighted by molar-refractivity contribution is 6.11. The summed E-state index contributed by atoms with van der Waals surface area (Å²) in [6.45, 7) is 4.30. The quantitative estimate of drug-likeness (QED) is 0.485. The van der Waals surface area contributed by atoms with Crippen molar-refractivity contribution < 1.29 is 4.57 Å². The Morgan fingerprint density at radius 2 is 1.80 bits per heavy atom. The van der Waals surface area contributed by atoms with Gasteiger partial charge in [0.2, 0.25) is 5.52 Å². The summed E-state index contributed by atoms with van der Waals surface area (Å²) in [6, 6.07) is 14.2. The summed E-state index contributed by atoms with van der Waals surface area (Å²) in [5.74, 6) is 0. The van der Waals surface area contributed by atoms with Crippen molar-refractivity contribution in [2.45, 2.75) is 19.9 Å². The monoisotopic (exact) mass is 263 g/mol. The molecule has 0 radical (unpaired) electrons. The molecule has 4 aromatic rings. The highest BCUT2D eigenvalue weighted by Gasteiger charge is 2.20. The molecule has 0 fully saturated rings. The van der Waals surface area contributed by atoms with Crippen molar-refractivity contribution in [2.75, 3.05) is 0 Å². The third-order valence-corrected chi connectivity index (χ3v) is 4.00. The fraction of sp³-hybridized carbons (Fsp3) is 0.176. The largest absolute Gasteiger partial charge is 0.270 e. The smallest absolute Gasteiger partial charge is 0.256 e. The zero-order valence-electron chi connectivity index (χ0n) is 11.5. The summed E-state index contributed by atoms with van der Waals surface area (Å²) in [5.41, 5.74) is 3.15. The van der Waals surface area contributed by atoms with Crippen molar-refractivity contribution in [3.05, 3.63) is 59.0 Å². The van der Waals surface area contributed by atoms with Gasteiger partial charge in [-0.05, 0) is 19.9 Å². The first-order chi connectivity index (χ1) is 9.68. The van der Waals surface area contributed by atoms with Crippen molar-refractivity contribution in [2.24, 2.45) is 0 Å². The van der Waals surface area contributed by atoms with Gasteiger partial charge in [0.1, 0.15) is 5.52 Å². The molecule has 0 atom stereocenters. The number of nitrogens with zero attached hydrogens (tertiary/aromatic N) is 2. The number of hydrogen-bond acceptors (Lipinski definition) is 1. The second kappa shape index (κ2) is 3.79. The van der Waals surface area contributed by atoms with Crippen molar-refractivity contribution in [1.82, 2.24) is 4.40 Å². The Labute approximate surface area is 116 Å². The zero-order chi connectivity index (χ0) is 13.9. The van der Waals surface area contributed by atoms with Crippen LogP contribution in [-0.4, -0.2) is 4.40 Å². The summed E-state index contributed by atoms with van der Waals surface area (Å²) >= 11 is 0. The van der Waals surface area contributed by atoms with E-state index in [1.807, 2.05) is 28.7 Å². The SMILES string of the molecule is CC(C)[n+]1ccc2c3ccccc3n3c(=O)ccc1c23. The molecule has 3 aromatic heterocycles. The Morgan fingerprint density at radius 3 is 2.60 bits per heavy atom. The van der Waals surface area contributed by atoms with Gasteiger partial charge in [0, 0.05) is 29.0 Å². The molecule has 0 saturated carbocycles. The second-order valence-corrected chi connectivity index (χ2v) is 5.49. The van der Waals surface area contributed by atoms with Crippen molar-refractivity contribution >= 4 is 27.3 Å². The predicted molar refractivity (Wildman–Crippen MR) is 80.4 cm³/mol. The molecule has 3 heteroatoms. The van der Waals surface area contributed by atoms with Crippen LogP contribution >= 0.6 is 0 Å². The number of para-hydroxylation sites is 1. The van der Waals surface area contributed by atoms with Gasteiger partial charge in [-0.25, -0.2) is 0 Å². The van der Waals surface area contributed by atoms with Gasteiger partial charge < -0.3 is 0 Å². The first-order valence-corrected chi connectivity index (χ1v) is 6.88. The molecule has 0 unspecified atom stereocenters. The molecule has 20 heavy (non-hydrogen) atoms. The van der Waals surface area contributed by atoms with E-state index in [1.54, 1.807) is 6.07 Å². The van der Waals surface area contributed by atoms with Crippen LogP contribution in [0.2, 0.25) is 0 Å². The maximum Gasteiger partial charge on any atom is 0.256 e. The molecule has 0 aliphatic rings. The van der Waals surface area contributed by atoms with E-state index in [9.17, 15) is 4.79 Å². The lowest BCUT2D eigenvalue weighted by molar-refractivity contribution is -0.691. The maximum atomic E-state index is 12.3. The molecule has 3 nitrogen and oxygen atoms in total. The molecule has 0 N–H and O–H groups in total. The van der Waals surface area contributed by atoms with Crippen LogP contribution in [-0.2, 0) is 0 Å². The fourth-order valence-electron chi connectivity index (χ4n) is 3.11. The Bertz CT molecular complexity index is 998. The van der Waals surface area contributed by atoms with Gasteiger partial charge >= 0.3 is 0 Å². The zero-order valence-corrected chi connectivity index (χ0v) is 11.5. The molecule has 0 spiro atoms. The predicted octanol–water partition coefficient (Wildman–Crippen LogP) is 2.91. The third-order valence-electron chi connectivity index (χ3n) is 4.00. The van der Waals surface area contributed by atoms with E-state index in [0.717, 1.165) is 27.3 Å². The van der Waals surface area contributed by atoms with Gasteiger partial charge in [-0.2, -0.15) is 4.57 Å². The summed E-state index contributed by atoms with van der Waals surface area (Å²) in [6.07, 6.45) is 2.11. The van der Waals surface area contributed by atoms with Gasteiger partial charge in [-0.3, -0.25) is 9.20 Å². The van der Waals surface area contributed by atoms with E-state index in [0.29, 0.717) is 6.04 Å². The van der Waals surface area contributed by atoms with E-state index in [4.69, 9.17) is 0 Å². The van der Waals surface area contributed by atoms with Crippen molar-refractivity contribution in [3.8, 4) is 0 Å². The lowest BCUT2D eigenvalue weighted by atomic mass is 10.1. The molecule has 0 aliphatic heterocycles. The Balaban J connectivity index is 2.41. The second-order valence-electron chi connectivity index (χ2n) is 5.49. The van der Waals surface area contributed by atoms with E-state index in [2.05, 4.69) is 36.7 Å². The fourth-order valence-corrected chi connectivity index (χ4v) is 3.11. The molecular formula is C17H15N2O+. The highest BCUT2D eigenvalue weighted by atomic mass is 16.1. The van der Waals surface area contributed by atoms with Crippen LogP contribution < -0.4 is 10.1 Å². The minimum atomic E-state index is 0.0326. The van der Waals surface area contributed by atoms with Crippen LogP contribution in [0.3, 0.4) is 0 Å². The lowest BCUT2D eigenvalue weighted by Crippen LogP contribution is -2.37. The molecule has 0 saturated heterocycles. The average molecular weight is 263 g/mol. The minimum Gasteiger partial charge on any atom is -0.270 e. The number of hydrogen-bond donors (Lipinski definition) is 0. The van der Waals surface area contributed by atoms with Crippen molar-refractivity contribution in [1.29, 1.82) is 0 Å². The molecule has 0 amide bonds. The summed E-state index contributed by atoms with van der Waals surface area (Å²) in [5, 5.41) is 2.28. The standard InChI is InChI=1S/C17H15N2O/c1-11(2)18-10-9-13-12-5-3-4-6-14(12)19-16(20)8-7-15(18)17(13)19/h3-11H,1-2H3/q+1. The van der Waals surface area contributed by atoms with E-state index in [-0.39, 0.29) is 5.56 Å². The molecule has 0 bridgehead atoms. The number of aromatic nitrogens is 2. The van der Waals surface area contributed by atoms with Gasteiger partial charge in [-0.15, -0.1) is 0 Å². The number of rotatable bonds is 1. The topological polar surface area (TPSA) is 25.4 Å². The van der Waals surface area contributed by atoms with Crippen LogP contribution in [0.1, 0.15) is 19.9 Å². The van der Waals surface area contributed by atoms with Gasteiger partial charge in [0.15, 0.2) is 12.2 Å². The van der Waals surface area contributed by atoms with Crippen LogP contribution in [0.4, 0.5) is 0 Å². The molecule has 3 heterocycles. The van der Waals surface area contributed by atoms with Crippen LogP contribution in [0.15, 0.2) is 53.5 Å². The summed E-state index contributed by atoms with van der Waals surface area (Å²) in [7, 11) is 0. The Hall–Kier alpha value is -2.42. The number of pyridine rings is 2. The number of fused-ring (bicyclic) bond motifs is 3. The first-order valence-electron chi connectivity index (χ1n) is 6.88. The molecule has 0 aliphatic carbocycles. The van der Waals surface area contributed by atoms with E-state index < -0.39 is 0 Å². The number of benzene rings is 1. The molecule has 1 aromatic carbocycles. The Morgan fingerprint density at radius 1 is 1.00 bits per heavy atom. The van der Waals surface area contributed by atoms with Crippen LogP contribution in [0.5, 0.6) is 0 Å². The maximum absolute atomic E-state index is 12.3. The van der Waals surface area contributed by atoms with Gasteiger partial charge in [-0.1, -0.05) is 18.2 Å². The summed E-state index contributed by atoms with van der Waals surface area (Å²) < 4.78 is 4.04. The van der Waals surface area contributed by atoms with E-state index in [1.165, 1.54) is 0 Å². The van der Waals surface area contributed by atoms with E-state index >= 15 is 0 Å². The average Bonchev–Trinajstić information content (AvgIpc) is 2.79. The first kappa shape index (κ1) is 11.4. The molecular weight excluding hydrogens is 248 g/mol. The molecule has 98 valence electrons. The van der Waals surface area contributed by atoms with Crippen LogP contribution in [0, 0.1) is 0 Å². The minimum absolute atomic E-state index is 0.0326. The Kier molecular flexibility index (Phi) is 2.16.